The Kier molecular flexibility index (Phi) is 6.97. The van der Waals surface area contributed by atoms with Crippen LogP contribution in [0.4, 0.5) is 30.5 Å². The van der Waals surface area contributed by atoms with Gasteiger partial charge in [-0.3, -0.25) is 0 Å². The van der Waals surface area contributed by atoms with Crippen LogP contribution in [-0.2, 0) is 12.7 Å². The lowest BCUT2D eigenvalue weighted by Gasteiger charge is -2.34. The molecule has 2 aromatic rings. The summed E-state index contributed by atoms with van der Waals surface area (Å²) in [5.74, 6) is -1.06. The van der Waals surface area contributed by atoms with Gasteiger partial charge < -0.3 is 21.1 Å². The van der Waals surface area contributed by atoms with Crippen LogP contribution in [0, 0.1) is 5.92 Å². The Hall–Kier alpha value is -3.21. The average Bonchev–Trinajstić information content (AvgIpc) is 2.70. The fourth-order valence-electron chi connectivity index (χ4n) is 3.57. The van der Waals surface area contributed by atoms with E-state index in [0.717, 1.165) is 31.4 Å². The van der Waals surface area contributed by atoms with Gasteiger partial charge in [-0.25, -0.2) is 19.8 Å². The molecule has 1 aromatic carbocycles. The number of carboxylic acids is 1. The predicted octanol–water partition coefficient (Wildman–Crippen LogP) is 4.05. The molecule has 32 heavy (non-hydrogen) atoms. The first-order valence-corrected chi connectivity index (χ1v) is 10.1. The van der Waals surface area contributed by atoms with Crippen LogP contribution in [0.1, 0.15) is 47.9 Å². The summed E-state index contributed by atoms with van der Waals surface area (Å²) < 4.78 is 38.6. The van der Waals surface area contributed by atoms with E-state index in [0.29, 0.717) is 17.2 Å². The van der Waals surface area contributed by atoms with E-state index >= 15 is 0 Å². The second-order valence-corrected chi connectivity index (χ2v) is 7.73. The minimum Gasteiger partial charge on any atom is -0.475 e. The summed E-state index contributed by atoms with van der Waals surface area (Å²) in [5, 5.41) is 12.7. The zero-order valence-corrected chi connectivity index (χ0v) is 17.6. The normalized spacial score (nSPS) is 15.0. The molecule has 0 unspecified atom stereocenters. The topological polar surface area (TPSA) is 117 Å². The molecule has 1 aromatic heterocycles. The molecule has 0 saturated heterocycles. The van der Waals surface area contributed by atoms with Gasteiger partial charge in [0.1, 0.15) is 5.69 Å². The summed E-state index contributed by atoms with van der Waals surface area (Å²) in [5.41, 5.74) is 6.12. The molecule has 0 spiro atoms. The number of hydrogen-bond acceptors (Lipinski definition) is 7. The van der Waals surface area contributed by atoms with Gasteiger partial charge in [-0.2, -0.15) is 13.2 Å². The molecule has 1 atom stereocenters. The van der Waals surface area contributed by atoms with Crippen LogP contribution < -0.4 is 16.0 Å². The number of nitrogens with two attached hydrogens (primary N) is 1. The van der Waals surface area contributed by atoms with Crippen molar-refractivity contribution in [3.05, 3.63) is 41.2 Å². The summed E-state index contributed by atoms with van der Waals surface area (Å²) in [6.07, 6.45) is -1.19. The minimum atomic E-state index is -4.43. The predicted molar refractivity (Wildman–Crippen MR) is 115 cm³/mol. The van der Waals surface area contributed by atoms with Crippen LogP contribution >= 0.6 is 0 Å². The van der Waals surface area contributed by atoms with E-state index in [2.05, 4.69) is 27.0 Å². The Morgan fingerprint density at radius 1 is 1.34 bits per heavy atom. The van der Waals surface area contributed by atoms with Crippen LogP contribution in [0.2, 0.25) is 0 Å². The number of aromatic nitrogens is 2. The largest absolute Gasteiger partial charge is 0.475 e. The van der Waals surface area contributed by atoms with Crippen molar-refractivity contribution in [2.24, 2.45) is 16.6 Å². The first-order chi connectivity index (χ1) is 15.1. The third kappa shape index (κ3) is 5.16. The standard InChI is InChI=1S/C21H25F3N6O2/c1-12(14-4-3-5-14)27-18-16(17(26-2)28-19(29-18)20(31)32)30(11-25)10-13-6-8-15(9-7-13)21(22,23)24/h6-9,12,14H,2-5,10-11,25H2,1H3,(H,31,32)(H,27,28,29)/t12-/m1/s1. The van der Waals surface area contributed by atoms with Crippen molar-refractivity contribution >= 4 is 30.0 Å². The molecule has 1 heterocycles. The highest BCUT2D eigenvalue weighted by Gasteiger charge is 2.30. The first-order valence-electron chi connectivity index (χ1n) is 10.1. The quantitative estimate of drug-likeness (QED) is 0.390. The van der Waals surface area contributed by atoms with E-state index in [4.69, 9.17) is 5.73 Å². The van der Waals surface area contributed by atoms with E-state index < -0.39 is 23.5 Å². The molecule has 0 bridgehead atoms. The van der Waals surface area contributed by atoms with Crippen LogP contribution in [-0.4, -0.2) is 40.5 Å². The molecule has 0 radical (unpaired) electrons. The number of alkyl halides is 3. The van der Waals surface area contributed by atoms with Gasteiger partial charge in [-0.1, -0.05) is 18.6 Å². The molecule has 0 amide bonds. The third-order valence-corrected chi connectivity index (χ3v) is 5.62. The second kappa shape index (κ2) is 9.51. The highest BCUT2D eigenvalue weighted by molar-refractivity contribution is 5.87. The minimum absolute atomic E-state index is 0.0161. The molecule has 4 N–H and O–H groups in total. The SMILES string of the molecule is C=Nc1nc(C(=O)O)nc(N[C@H](C)C2CCC2)c1N(CN)Cc1ccc(C(F)(F)F)cc1. The van der Waals surface area contributed by atoms with Gasteiger partial charge in [0.15, 0.2) is 11.6 Å². The van der Waals surface area contributed by atoms with Gasteiger partial charge in [0.2, 0.25) is 5.82 Å². The number of aromatic carboxylic acids is 1. The molecule has 11 heteroatoms. The van der Waals surface area contributed by atoms with Gasteiger partial charge >= 0.3 is 12.1 Å². The highest BCUT2D eigenvalue weighted by atomic mass is 19.4. The van der Waals surface area contributed by atoms with Crippen LogP contribution in [0.25, 0.3) is 0 Å². The number of benzene rings is 1. The Bertz CT molecular complexity index is 977. The molecule has 1 saturated carbocycles. The number of nitrogens with one attached hydrogen (secondary N) is 1. The summed E-state index contributed by atoms with van der Waals surface area (Å²) in [7, 11) is 0. The van der Waals surface area contributed by atoms with Crippen molar-refractivity contribution in [2.45, 2.75) is 44.9 Å². The monoisotopic (exact) mass is 450 g/mol. The van der Waals surface area contributed by atoms with Crippen LogP contribution in [0.5, 0.6) is 0 Å². The van der Waals surface area contributed by atoms with Gasteiger partial charge in [0.25, 0.3) is 0 Å². The lowest BCUT2D eigenvalue weighted by Crippen LogP contribution is -2.34. The molecule has 1 aliphatic carbocycles. The lowest BCUT2D eigenvalue weighted by atomic mass is 9.80. The maximum absolute atomic E-state index is 12.9. The molecular formula is C21H25F3N6O2. The highest BCUT2D eigenvalue weighted by Crippen LogP contribution is 2.37. The molecule has 172 valence electrons. The number of aliphatic imine (C=N–C) groups is 1. The van der Waals surface area contributed by atoms with Gasteiger partial charge in [0, 0.05) is 12.6 Å². The maximum Gasteiger partial charge on any atom is 0.416 e. The van der Waals surface area contributed by atoms with Crippen LogP contribution in [0.3, 0.4) is 0 Å². The summed E-state index contributed by atoms with van der Waals surface area (Å²) in [6, 6.07) is 4.74. The van der Waals surface area contributed by atoms with Crippen molar-refractivity contribution < 1.29 is 23.1 Å². The number of carboxylic acid groups (broad SMARTS) is 1. The number of carbonyl (C=O) groups is 1. The van der Waals surface area contributed by atoms with Crippen molar-refractivity contribution in [3.8, 4) is 0 Å². The van der Waals surface area contributed by atoms with Gasteiger partial charge in [-0.05, 0) is 50.1 Å². The molecule has 8 nitrogen and oxygen atoms in total. The molecule has 1 fully saturated rings. The van der Waals surface area contributed by atoms with Crippen molar-refractivity contribution in [1.82, 2.24) is 9.97 Å². The van der Waals surface area contributed by atoms with Crippen molar-refractivity contribution in [3.63, 3.8) is 0 Å². The molecule has 3 rings (SSSR count). The van der Waals surface area contributed by atoms with E-state index in [1.807, 2.05) is 6.92 Å². The van der Waals surface area contributed by atoms with E-state index in [-0.39, 0.29) is 30.9 Å². The molecule has 1 aliphatic rings. The number of anilines is 2. The molecular weight excluding hydrogens is 425 g/mol. The fourth-order valence-corrected chi connectivity index (χ4v) is 3.57. The molecule has 0 aliphatic heterocycles. The number of nitrogens with zero attached hydrogens (tertiary/aromatic N) is 4. The maximum atomic E-state index is 12.9. The first kappa shape index (κ1) is 23.5. The fraction of sp³-hybridized carbons (Fsp3) is 0.429. The smallest absolute Gasteiger partial charge is 0.416 e. The summed E-state index contributed by atoms with van der Waals surface area (Å²) in [6.45, 7) is 5.57. The van der Waals surface area contributed by atoms with Crippen molar-refractivity contribution in [1.29, 1.82) is 0 Å². The summed E-state index contributed by atoms with van der Waals surface area (Å²) >= 11 is 0. The van der Waals surface area contributed by atoms with Crippen molar-refractivity contribution in [2.75, 3.05) is 16.9 Å². The Labute approximate surface area is 183 Å². The average molecular weight is 450 g/mol. The van der Waals surface area contributed by atoms with E-state index in [9.17, 15) is 23.1 Å². The number of halogens is 3. The van der Waals surface area contributed by atoms with E-state index in [1.54, 1.807) is 4.90 Å². The Morgan fingerprint density at radius 2 is 2.00 bits per heavy atom. The van der Waals surface area contributed by atoms with Crippen LogP contribution in [0.15, 0.2) is 29.3 Å². The lowest BCUT2D eigenvalue weighted by molar-refractivity contribution is -0.137. The zero-order valence-electron chi connectivity index (χ0n) is 17.6. The van der Waals surface area contributed by atoms with E-state index in [1.165, 1.54) is 12.1 Å². The number of rotatable bonds is 9. The second-order valence-electron chi connectivity index (χ2n) is 7.73. The third-order valence-electron chi connectivity index (χ3n) is 5.62. The zero-order chi connectivity index (χ0) is 23.5. The Balaban J connectivity index is 1.97. The number of hydrogen-bond donors (Lipinski definition) is 3. The Morgan fingerprint density at radius 3 is 2.47 bits per heavy atom. The van der Waals surface area contributed by atoms with Gasteiger partial charge in [0.05, 0.1) is 12.2 Å². The summed E-state index contributed by atoms with van der Waals surface area (Å²) in [4.78, 5) is 25.1. The van der Waals surface area contributed by atoms with Gasteiger partial charge in [-0.15, -0.1) is 0 Å².